The number of fused-ring (bicyclic) bond motifs is 1. The maximum absolute atomic E-state index is 5.93. The van der Waals surface area contributed by atoms with E-state index in [1.165, 1.54) is 0 Å². The molecular formula is C20H21BrN2O2. The SMILES string of the molecule is CCCOc1ccc(Oc2ccc3cc(C(C)N)ccc3n2)cc1Br. The van der Waals surface area contributed by atoms with Gasteiger partial charge < -0.3 is 15.2 Å². The largest absolute Gasteiger partial charge is 0.492 e. The number of hydrogen-bond donors (Lipinski definition) is 1. The van der Waals surface area contributed by atoms with Gasteiger partial charge in [-0.25, -0.2) is 4.98 Å². The van der Waals surface area contributed by atoms with E-state index in [-0.39, 0.29) is 6.04 Å². The molecular weight excluding hydrogens is 380 g/mol. The summed E-state index contributed by atoms with van der Waals surface area (Å²) in [6, 6.07) is 15.6. The molecule has 0 spiro atoms. The minimum Gasteiger partial charge on any atom is -0.492 e. The van der Waals surface area contributed by atoms with Crippen molar-refractivity contribution in [2.45, 2.75) is 26.3 Å². The first-order valence-electron chi connectivity index (χ1n) is 8.33. The number of nitrogens with two attached hydrogens (primary N) is 1. The van der Waals surface area contributed by atoms with E-state index in [0.717, 1.165) is 33.1 Å². The fraction of sp³-hybridized carbons (Fsp3) is 0.250. The topological polar surface area (TPSA) is 57.4 Å². The average molecular weight is 401 g/mol. The maximum Gasteiger partial charge on any atom is 0.219 e. The number of hydrogen-bond acceptors (Lipinski definition) is 4. The van der Waals surface area contributed by atoms with Gasteiger partial charge in [0.2, 0.25) is 5.88 Å². The lowest BCUT2D eigenvalue weighted by atomic mass is 10.1. The lowest BCUT2D eigenvalue weighted by Gasteiger charge is -2.11. The molecule has 3 rings (SSSR count). The van der Waals surface area contributed by atoms with E-state index in [1.807, 2.05) is 49.4 Å². The highest BCUT2D eigenvalue weighted by Gasteiger charge is 2.07. The molecule has 0 fully saturated rings. The third kappa shape index (κ3) is 4.30. The van der Waals surface area contributed by atoms with Gasteiger partial charge in [0.15, 0.2) is 0 Å². The van der Waals surface area contributed by atoms with Crippen molar-refractivity contribution in [3.05, 3.63) is 58.6 Å². The summed E-state index contributed by atoms with van der Waals surface area (Å²) < 4.78 is 12.4. The van der Waals surface area contributed by atoms with E-state index in [4.69, 9.17) is 15.2 Å². The van der Waals surface area contributed by atoms with Gasteiger partial charge in [0.25, 0.3) is 0 Å². The third-order valence-corrected chi connectivity index (χ3v) is 4.42. The molecule has 1 atom stereocenters. The number of pyridine rings is 1. The van der Waals surface area contributed by atoms with Gasteiger partial charge in [-0.15, -0.1) is 0 Å². The molecule has 25 heavy (non-hydrogen) atoms. The van der Waals surface area contributed by atoms with Gasteiger partial charge in [-0.05, 0) is 71.2 Å². The lowest BCUT2D eigenvalue weighted by Crippen LogP contribution is -2.04. The molecule has 0 aliphatic heterocycles. The second-order valence-electron chi connectivity index (χ2n) is 5.93. The minimum absolute atomic E-state index is 0.00567. The normalized spacial score (nSPS) is 12.2. The number of nitrogens with zero attached hydrogens (tertiary/aromatic N) is 1. The number of aromatic nitrogens is 1. The molecule has 2 N–H and O–H groups in total. The zero-order valence-corrected chi connectivity index (χ0v) is 15.9. The molecule has 130 valence electrons. The number of ether oxygens (including phenoxy) is 2. The van der Waals surface area contributed by atoms with Crippen molar-refractivity contribution >= 4 is 26.8 Å². The molecule has 0 saturated carbocycles. The van der Waals surface area contributed by atoms with Gasteiger partial charge in [0.05, 0.1) is 16.6 Å². The van der Waals surface area contributed by atoms with Crippen LogP contribution >= 0.6 is 15.9 Å². The first kappa shape index (κ1) is 17.7. The smallest absolute Gasteiger partial charge is 0.219 e. The molecule has 0 saturated heterocycles. The van der Waals surface area contributed by atoms with Gasteiger partial charge in [-0.2, -0.15) is 0 Å². The summed E-state index contributed by atoms with van der Waals surface area (Å²) in [4.78, 5) is 4.56. The quantitative estimate of drug-likeness (QED) is 0.584. The first-order chi connectivity index (χ1) is 12.1. The second-order valence-corrected chi connectivity index (χ2v) is 6.79. The second kappa shape index (κ2) is 7.85. The molecule has 0 radical (unpaired) electrons. The van der Waals surface area contributed by atoms with Crippen molar-refractivity contribution in [3.8, 4) is 17.4 Å². The highest BCUT2D eigenvalue weighted by atomic mass is 79.9. The minimum atomic E-state index is 0.00567. The summed E-state index contributed by atoms with van der Waals surface area (Å²) in [7, 11) is 0. The molecule has 0 bridgehead atoms. The highest BCUT2D eigenvalue weighted by Crippen LogP contribution is 2.32. The van der Waals surface area contributed by atoms with E-state index < -0.39 is 0 Å². The summed E-state index contributed by atoms with van der Waals surface area (Å²) in [6.07, 6.45) is 0.969. The monoisotopic (exact) mass is 400 g/mol. The van der Waals surface area contributed by atoms with Crippen LogP contribution in [-0.4, -0.2) is 11.6 Å². The Balaban J connectivity index is 1.80. The third-order valence-electron chi connectivity index (χ3n) is 3.80. The van der Waals surface area contributed by atoms with Crippen LogP contribution < -0.4 is 15.2 Å². The highest BCUT2D eigenvalue weighted by molar-refractivity contribution is 9.10. The first-order valence-corrected chi connectivity index (χ1v) is 9.12. The van der Waals surface area contributed by atoms with Crippen molar-refractivity contribution in [2.75, 3.05) is 6.61 Å². The van der Waals surface area contributed by atoms with Crippen molar-refractivity contribution in [2.24, 2.45) is 5.73 Å². The molecule has 2 aromatic carbocycles. The van der Waals surface area contributed by atoms with Crippen LogP contribution in [0.1, 0.15) is 31.9 Å². The van der Waals surface area contributed by atoms with Crippen LogP contribution in [0.2, 0.25) is 0 Å². The van der Waals surface area contributed by atoms with Gasteiger partial charge in [0.1, 0.15) is 11.5 Å². The predicted octanol–water partition coefficient (Wildman–Crippen LogP) is 5.60. The lowest BCUT2D eigenvalue weighted by molar-refractivity contribution is 0.315. The fourth-order valence-electron chi connectivity index (χ4n) is 2.46. The fourth-order valence-corrected chi connectivity index (χ4v) is 2.93. The Kier molecular flexibility index (Phi) is 5.56. The zero-order valence-electron chi connectivity index (χ0n) is 14.3. The Labute approximate surface area is 156 Å². The molecule has 0 amide bonds. The molecule has 5 heteroatoms. The van der Waals surface area contributed by atoms with Gasteiger partial charge in [-0.3, -0.25) is 0 Å². The van der Waals surface area contributed by atoms with Gasteiger partial charge >= 0.3 is 0 Å². The summed E-state index contributed by atoms with van der Waals surface area (Å²) in [5.41, 5.74) is 7.90. The van der Waals surface area contributed by atoms with E-state index in [0.29, 0.717) is 18.2 Å². The van der Waals surface area contributed by atoms with Crippen LogP contribution in [0.4, 0.5) is 0 Å². The summed E-state index contributed by atoms with van der Waals surface area (Å²) in [5.74, 6) is 2.06. The number of halogens is 1. The van der Waals surface area contributed by atoms with Gasteiger partial charge in [0, 0.05) is 17.5 Å². The number of benzene rings is 2. The Hall–Kier alpha value is -2.11. The van der Waals surface area contributed by atoms with Crippen LogP contribution in [0.25, 0.3) is 10.9 Å². The molecule has 4 nitrogen and oxygen atoms in total. The van der Waals surface area contributed by atoms with Crippen molar-refractivity contribution < 1.29 is 9.47 Å². The Morgan fingerprint density at radius 3 is 2.68 bits per heavy atom. The summed E-state index contributed by atoms with van der Waals surface area (Å²) in [6.45, 7) is 4.74. The van der Waals surface area contributed by atoms with E-state index in [9.17, 15) is 0 Å². The Bertz CT molecular complexity index is 881. The molecule has 0 aliphatic rings. The molecule has 1 aromatic heterocycles. The molecule has 0 aliphatic carbocycles. The van der Waals surface area contributed by atoms with Crippen LogP contribution in [0.5, 0.6) is 17.4 Å². The van der Waals surface area contributed by atoms with E-state index >= 15 is 0 Å². The van der Waals surface area contributed by atoms with Crippen LogP contribution in [0.3, 0.4) is 0 Å². The molecule has 3 aromatic rings. The molecule has 1 heterocycles. The molecule has 1 unspecified atom stereocenters. The average Bonchev–Trinajstić information content (AvgIpc) is 2.60. The van der Waals surface area contributed by atoms with Crippen LogP contribution in [0.15, 0.2) is 53.0 Å². The zero-order chi connectivity index (χ0) is 17.8. The number of rotatable bonds is 6. The standard InChI is InChI=1S/C20H21BrN2O2/c1-3-10-24-19-8-6-16(12-17(19)21)25-20-9-5-15-11-14(13(2)22)4-7-18(15)23-20/h4-9,11-13H,3,10,22H2,1-2H3. The van der Waals surface area contributed by atoms with Crippen molar-refractivity contribution in [1.29, 1.82) is 0 Å². The maximum atomic E-state index is 5.93. The van der Waals surface area contributed by atoms with Gasteiger partial charge in [-0.1, -0.05) is 13.0 Å². The summed E-state index contributed by atoms with van der Waals surface area (Å²) >= 11 is 3.51. The van der Waals surface area contributed by atoms with E-state index in [2.05, 4.69) is 33.9 Å². The van der Waals surface area contributed by atoms with E-state index in [1.54, 1.807) is 0 Å². The summed E-state index contributed by atoms with van der Waals surface area (Å²) in [5, 5.41) is 1.05. The Morgan fingerprint density at radius 2 is 1.96 bits per heavy atom. The van der Waals surface area contributed by atoms with Crippen molar-refractivity contribution in [3.63, 3.8) is 0 Å². The Morgan fingerprint density at radius 1 is 1.12 bits per heavy atom. The van der Waals surface area contributed by atoms with Crippen molar-refractivity contribution in [1.82, 2.24) is 4.98 Å². The predicted molar refractivity (Wildman–Crippen MR) is 104 cm³/mol. The van der Waals surface area contributed by atoms with Crippen LogP contribution in [-0.2, 0) is 0 Å². The van der Waals surface area contributed by atoms with Crippen LogP contribution in [0, 0.1) is 0 Å².